The van der Waals surface area contributed by atoms with Gasteiger partial charge in [0.05, 0.1) is 19.8 Å². The molecule has 0 saturated carbocycles. The van der Waals surface area contributed by atoms with E-state index in [1.54, 1.807) is 26.4 Å². The Kier molecular flexibility index (Phi) is 4.07. The first-order chi connectivity index (χ1) is 8.69. The number of ketones is 1. The molecule has 4 heteroatoms. The van der Waals surface area contributed by atoms with Crippen LogP contribution in [0.15, 0.2) is 28.3 Å². The number of allylic oxidation sites excluding steroid dienone is 2. The first-order valence-electron chi connectivity index (χ1n) is 5.83. The van der Waals surface area contributed by atoms with E-state index in [0.717, 1.165) is 24.8 Å². The highest BCUT2D eigenvalue weighted by atomic mass is 79.9. The van der Waals surface area contributed by atoms with Crippen LogP contribution in [0.25, 0.3) is 0 Å². The molecule has 0 spiro atoms. The van der Waals surface area contributed by atoms with Crippen LogP contribution in [0.2, 0.25) is 0 Å². The van der Waals surface area contributed by atoms with Gasteiger partial charge in [0, 0.05) is 0 Å². The van der Waals surface area contributed by atoms with E-state index in [1.165, 1.54) is 0 Å². The van der Waals surface area contributed by atoms with Gasteiger partial charge in [-0.25, -0.2) is 0 Å². The Morgan fingerprint density at radius 1 is 1.28 bits per heavy atom. The highest BCUT2D eigenvalue weighted by Gasteiger charge is 2.22. The molecule has 0 N–H and O–H groups in total. The van der Waals surface area contributed by atoms with Crippen LogP contribution in [0.5, 0.6) is 11.5 Å². The maximum Gasteiger partial charge on any atom is 0.192 e. The van der Waals surface area contributed by atoms with Gasteiger partial charge in [-0.3, -0.25) is 4.79 Å². The molecular formula is C14H15BrO3. The van der Waals surface area contributed by atoms with E-state index in [2.05, 4.69) is 15.9 Å². The summed E-state index contributed by atoms with van der Waals surface area (Å²) in [7, 11) is 3.14. The molecule has 1 aliphatic carbocycles. The number of rotatable bonds is 4. The van der Waals surface area contributed by atoms with Crippen molar-refractivity contribution >= 4 is 21.7 Å². The van der Waals surface area contributed by atoms with Gasteiger partial charge in [0.15, 0.2) is 5.78 Å². The number of carbonyl (C=O) groups is 1. The van der Waals surface area contributed by atoms with Crippen molar-refractivity contribution < 1.29 is 14.3 Å². The van der Waals surface area contributed by atoms with Crippen LogP contribution in [0.4, 0.5) is 0 Å². The Morgan fingerprint density at radius 2 is 2.06 bits per heavy atom. The van der Waals surface area contributed by atoms with Gasteiger partial charge in [-0.05, 0) is 52.9 Å². The molecule has 0 unspecified atom stereocenters. The minimum absolute atomic E-state index is 0.0488. The standard InChI is InChI=1S/C14H15BrO3/c1-17-11-8-7-10(14(18-2)12(11)15)13(16)9-5-3-4-6-9/h5,7-8H,3-4,6H2,1-2H3. The molecule has 3 nitrogen and oxygen atoms in total. The summed E-state index contributed by atoms with van der Waals surface area (Å²) in [6.07, 6.45) is 4.91. The summed E-state index contributed by atoms with van der Waals surface area (Å²) in [6, 6.07) is 3.53. The predicted octanol–water partition coefficient (Wildman–Crippen LogP) is 3.76. The predicted molar refractivity (Wildman–Crippen MR) is 73.5 cm³/mol. The second-order valence-electron chi connectivity index (χ2n) is 4.11. The number of hydrogen-bond acceptors (Lipinski definition) is 3. The zero-order valence-corrected chi connectivity index (χ0v) is 12.0. The Morgan fingerprint density at radius 3 is 2.61 bits per heavy atom. The smallest absolute Gasteiger partial charge is 0.192 e. The lowest BCUT2D eigenvalue weighted by atomic mass is 10.0. The fourth-order valence-corrected chi connectivity index (χ4v) is 2.79. The largest absolute Gasteiger partial charge is 0.495 e. The molecule has 1 aromatic carbocycles. The van der Waals surface area contributed by atoms with Crippen molar-refractivity contribution in [1.82, 2.24) is 0 Å². The molecule has 0 atom stereocenters. The molecule has 18 heavy (non-hydrogen) atoms. The third-order valence-electron chi connectivity index (χ3n) is 3.06. The van der Waals surface area contributed by atoms with Gasteiger partial charge in [0.1, 0.15) is 16.0 Å². The molecule has 0 aliphatic heterocycles. The van der Waals surface area contributed by atoms with Crippen LogP contribution < -0.4 is 9.47 Å². The van der Waals surface area contributed by atoms with E-state index in [9.17, 15) is 4.79 Å². The Bertz CT molecular complexity index is 506. The summed E-state index contributed by atoms with van der Waals surface area (Å²) >= 11 is 3.41. The third kappa shape index (κ3) is 2.29. The first-order valence-corrected chi connectivity index (χ1v) is 6.62. The van der Waals surface area contributed by atoms with Crippen LogP contribution >= 0.6 is 15.9 Å². The fourth-order valence-electron chi connectivity index (χ4n) is 2.12. The molecule has 2 rings (SSSR count). The fraction of sp³-hybridized carbons (Fsp3) is 0.357. The summed E-state index contributed by atoms with van der Waals surface area (Å²) in [4.78, 5) is 12.4. The van der Waals surface area contributed by atoms with Crippen molar-refractivity contribution in [3.63, 3.8) is 0 Å². The lowest BCUT2D eigenvalue weighted by molar-refractivity contribution is 0.102. The van der Waals surface area contributed by atoms with E-state index in [-0.39, 0.29) is 5.78 Å². The lowest BCUT2D eigenvalue weighted by Gasteiger charge is -2.13. The van der Waals surface area contributed by atoms with Crippen LogP contribution in [0.1, 0.15) is 29.6 Å². The number of benzene rings is 1. The SMILES string of the molecule is COc1ccc(C(=O)C2=CCCC2)c(OC)c1Br. The van der Waals surface area contributed by atoms with Gasteiger partial charge in [-0.2, -0.15) is 0 Å². The van der Waals surface area contributed by atoms with Gasteiger partial charge in [-0.15, -0.1) is 0 Å². The van der Waals surface area contributed by atoms with Crippen LogP contribution in [0.3, 0.4) is 0 Å². The van der Waals surface area contributed by atoms with E-state index >= 15 is 0 Å². The maximum absolute atomic E-state index is 12.4. The van der Waals surface area contributed by atoms with Crippen molar-refractivity contribution in [2.45, 2.75) is 19.3 Å². The average molecular weight is 311 g/mol. The van der Waals surface area contributed by atoms with Crippen molar-refractivity contribution in [1.29, 1.82) is 0 Å². The maximum atomic E-state index is 12.4. The van der Waals surface area contributed by atoms with Crippen molar-refractivity contribution in [3.05, 3.63) is 33.8 Å². The van der Waals surface area contributed by atoms with Crippen molar-refractivity contribution in [2.75, 3.05) is 14.2 Å². The second kappa shape index (κ2) is 5.57. The molecular weight excluding hydrogens is 296 g/mol. The minimum Gasteiger partial charge on any atom is -0.495 e. The van der Waals surface area contributed by atoms with Crippen molar-refractivity contribution in [3.8, 4) is 11.5 Å². The molecule has 0 radical (unpaired) electrons. The van der Waals surface area contributed by atoms with Gasteiger partial charge in [0.25, 0.3) is 0 Å². The Labute approximate surface area is 115 Å². The molecule has 0 bridgehead atoms. The number of methoxy groups -OCH3 is 2. The quantitative estimate of drug-likeness (QED) is 0.794. The van der Waals surface area contributed by atoms with E-state index in [4.69, 9.17) is 9.47 Å². The van der Waals surface area contributed by atoms with Gasteiger partial charge < -0.3 is 9.47 Å². The summed E-state index contributed by atoms with van der Waals surface area (Å²) in [6.45, 7) is 0. The van der Waals surface area contributed by atoms with E-state index in [1.807, 2.05) is 6.08 Å². The molecule has 0 amide bonds. The number of halogens is 1. The summed E-state index contributed by atoms with van der Waals surface area (Å²) < 4.78 is 11.2. The molecule has 0 aromatic heterocycles. The Hall–Kier alpha value is -1.29. The molecule has 0 saturated heterocycles. The molecule has 1 aromatic rings. The Balaban J connectivity index is 2.44. The monoisotopic (exact) mass is 310 g/mol. The number of ether oxygens (including phenoxy) is 2. The van der Waals surface area contributed by atoms with Crippen LogP contribution in [-0.4, -0.2) is 20.0 Å². The highest BCUT2D eigenvalue weighted by Crippen LogP contribution is 2.38. The van der Waals surface area contributed by atoms with Crippen LogP contribution in [0, 0.1) is 0 Å². The van der Waals surface area contributed by atoms with Crippen molar-refractivity contribution in [2.24, 2.45) is 0 Å². The molecule has 0 fully saturated rings. The number of hydrogen-bond donors (Lipinski definition) is 0. The zero-order chi connectivity index (χ0) is 13.1. The average Bonchev–Trinajstić information content (AvgIpc) is 2.91. The number of carbonyl (C=O) groups excluding carboxylic acids is 1. The molecule has 96 valence electrons. The first kappa shape index (κ1) is 13.1. The highest BCUT2D eigenvalue weighted by molar-refractivity contribution is 9.10. The second-order valence-corrected chi connectivity index (χ2v) is 4.91. The van der Waals surface area contributed by atoms with Crippen LogP contribution in [-0.2, 0) is 0 Å². The van der Waals surface area contributed by atoms with E-state index in [0.29, 0.717) is 21.5 Å². The topological polar surface area (TPSA) is 35.5 Å². The lowest BCUT2D eigenvalue weighted by Crippen LogP contribution is -2.05. The minimum atomic E-state index is 0.0488. The molecule has 0 heterocycles. The summed E-state index contributed by atoms with van der Waals surface area (Å²) in [5.74, 6) is 1.24. The normalized spacial score (nSPS) is 14.3. The van der Waals surface area contributed by atoms with E-state index < -0.39 is 0 Å². The molecule has 1 aliphatic rings. The van der Waals surface area contributed by atoms with Gasteiger partial charge in [-0.1, -0.05) is 6.08 Å². The zero-order valence-electron chi connectivity index (χ0n) is 10.5. The summed E-state index contributed by atoms with van der Waals surface area (Å²) in [5.41, 5.74) is 1.46. The number of Topliss-reactive ketones (excluding diaryl/α,β-unsaturated/α-hetero) is 1. The summed E-state index contributed by atoms with van der Waals surface area (Å²) in [5, 5.41) is 0. The van der Waals surface area contributed by atoms with Gasteiger partial charge in [0.2, 0.25) is 0 Å². The van der Waals surface area contributed by atoms with Gasteiger partial charge >= 0.3 is 0 Å². The third-order valence-corrected chi connectivity index (χ3v) is 3.81.